The first-order chi connectivity index (χ1) is 20.1. The van der Waals surface area contributed by atoms with Gasteiger partial charge in [0.2, 0.25) is 0 Å². The van der Waals surface area contributed by atoms with Gasteiger partial charge in [0.1, 0.15) is 24.2 Å². The molecule has 0 saturated carbocycles. The van der Waals surface area contributed by atoms with E-state index in [9.17, 15) is 10.2 Å². The topological polar surface area (TPSA) is 68.2 Å². The van der Waals surface area contributed by atoms with Gasteiger partial charge in [0.05, 0.1) is 18.6 Å². The third kappa shape index (κ3) is 6.03. The summed E-state index contributed by atoms with van der Waals surface area (Å²) >= 11 is 0. The highest BCUT2D eigenvalue weighted by atomic mass is 16.5. The zero-order chi connectivity index (χ0) is 28.7. The molecular weight excluding hydrogens is 512 g/mol. The molecule has 2 unspecified atom stereocenters. The predicted molar refractivity (Wildman–Crippen MR) is 163 cm³/mol. The number of ether oxygens (including phenoxy) is 3. The van der Waals surface area contributed by atoms with Crippen LogP contribution in [0.25, 0.3) is 11.1 Å². The van der Waals surface area contributed by atoms with Gasteiger partial charge in [0.15, 0.2) is 0 Å². The first-order valence-corrected chi connectivity index (χ1v) is 14.6. The molecule has 0 bridgehead atoms. The number of benzene rings is 4. The van der Waals surface area contributed by atoms with Gasteiger partial charge in [-0.2, -0.15) is 0 Å². The SMILES string of the molecule is CCCCOCC(O)COc1ccc(C2(c3ccc(OCC(C)CO)cc3)c3ccccc3-c3ccccc32)cc1. The minimum absolute atomic E-state index is 0.0741. The fourth-order valence-corrected chi connectivity index (χ4v) is 5.62. The van der Waals surface area contributed by atoms with E-state index in [-0.39, 0.29) is 25.7 Å². The lowest BCUT2D eigenvalue weighted by Gasteiger charge is -2.34. The van der Waals surface area contributed by atoms with Crippen molar-refractivity contribution in [3.8, 4) is 22.6 Å². The summed E-state index contributed by atoms with van der Waals surface area (Å²) in [5, 5.41) is 19.6. The van der Waals surface area contributed by atoms with Crippen LogP contribution in [-0.2, 0) is 10.2 Å². The number of hydrogen-bond donors (Lipinski definition) is 2. The summed E-state index contributed by atoms with van der Waals surface area (Å²) in [5.41, 5.74) is 6.68. The number of aliphatic hydroxyl groups excluding tert-OH is 2. The van der Waals surface area contributed by atoms with E-state index in [1.165, 1.54) is 22.3 Å². The predicted octanol–water partition coefficient (Wildman–Crippen LogP) is 6.61. The van der Waals surface area contributed by atoms with E-state index < -0.39 is 11.5 Å². The third-order valence-electron chi connectivity index (χ3n) is 7.77. The first kappa shape index (κ1) is 28.9. The summed E-state index contributed by atoms with van der Waals surface area (Å²) in [4.78, 5) is 0. The van der Waals surface area contributed by atoms with E-state index in [1.54, 1.807) is 0 Å². The molecular formula is C36H40O5. The van der Waals surface area contributed by atoms with Crippen molar-refractivity contribution >= 4 is 0 Å². The van der Waals surface area contributed by atoms with Crippen LogP contribution < -0.4 is 9.47 Å². The van der Waals surface area contributed by atoms with Gasteiger partial charge in [-0.05, 0) is 64.1 Å². The minimum Gasteiger partial charge on any atom is -0.493 e. The van der Waals surface area contributed by atoms with Gasteiger partial charge in [-0.1, -0.05) is 93.1 Å². The summed E-state index contributed by atoms with van der Waals surface area (Å²) in [5.74, 6) is 1.56. The first-order valence-electron chi connectivity index (χ1n) is 14.6. The van der Waals surface area contributed by atoms with Crippen LogP contribution in [0.3, 0.4) is 0 Å². The highest BCUT2D eigenvalue weighted by molar-refractivity contribution is 5.86. The van der Waals surface area contributed by atoms with Crippen molar-refractivity contribution in [2.75, 3.05) is 33.0 Å². The molecule has 0 spiro atoms. The molecule has 5 nitrogen and oxygen atoms in total. The van der Waals surface area contributed by atoms with Gasteiger partial charge < -0.3 is 24.4 Å². The number of rotatable bonds is 14. The molecule has 4 aromatic rings. The van der Waals surface area contributed by atoms with Gasteiger partial charge in [-0.3, -0.25) is 0 Å². The average molecular weight is 553 g/mol. The summed E-state index contributed by atoms with van der Waals surface area (Å²) in [7, 11) is 0. The van der Waals surface area contributed by atoms with Crippen molar-refractivity contribution in [3.63, 3.8) is 0 Å². The molecule has 0 amide bonds. The van der Waals surface area contributed by atoms with E-state index in [1.807, 2.05) is 31.2 Å². The number of unbranched alkanes of at least 4 members (excludes halogenated alkanes) is 1. The maximum absolute atomic E-state index is 10.3. The maximum Gasteiger partial charge on any atom is 0.119 e. The Hall–Kier alpha value is -3.64. The third-order valence-corrected chi connectivity index (χ3v) is 7.77. The van der Waals surface area contributed by atoms with Crippen LogP contribution in [-0.4, -0.2) is 49.4 Å². The van der Waals surface area contributed by atoms with Crippen molar-refractivity contribution < 1.29 is 24.4 Å². The summed E-state index contributed by atoms with van der Waals surface area (Å²) in [6.45, 7) is 5.75. The molecule has 0 radical (unpaired) electrons. The van der Waals surface area contributed by atoms with E-state index in [0.717, 1.165) is 29.7 Å². The largest absolute Gasteiger partial charge is 0.493 e. The quantitative estimate of drug-likeness (QED) is 0.152. The Kier molecular flexibility index (Phi) is 9.40. The average Bonchev–Trinajstić information content (AvgIpc) is 3.32. The molecule has 0 aromatic heterocycles. The van der Waals surface area contributed by atoms with Crippen molar-refractivity contribution in [1.82, 2.24) is 0 Å². The molecule has 1 aliphatic carbocycles. The van der Waals surface area contributed by atoms with Crippen LogP contribution in [0.1, 0.15) is 48.9 Å². The fraction of sp³-hybridized carbons (Fsp3) is 0.333. The zero-order valence-electron chi connectivity index (χ0n) is 24.0. The Labute approximate surface area is 243 Å². The van der Waals surface area contributed by atoms with Crippen LogP contribution in [0.5, 0.6) is 11.5 Å². The van der Waals surface area contributed by atoms with Gasteiger partial charge >= 0.3 is 0 Å². The molecule has 5 rings (SSSR count). The zero-order valence-corrected chi connectivity index (χ0v) is 24.0. The van der Waals surface area contributed by atoms with E-state index in [0.29, 0.717) is 19.0 Å². The van der Waals surface area contributed by atoms with Crippen molar-refractivity contribution in [2.24, 2.45) is 5.92 Å². The molecule has 5 heteroatoms. The molecule has 214 valence electrons. The Morgan fingerprint density at radius 3 is 1.71 bits per heavy atom. The molecule has 2 atom stereocenters. The molecule has 0 saturated heterocycles. The molecule has 2 N–H and O–H groups in total. The Morgan fingerprint density at radius 2 is 1.20 bits per heavy atom. The van der Waals surface area contributed by atoms with E-state index >= 15 is 0 Å². The van der Waals surface area contributed by atoms with E-state index in [4.69, 9.17) is 14.2 Å². The second kappa shape index (κ2) is 13.3. The second-order valence-corrected chi connectivity index (χ2v) is 10.9. The molecule has 1 aliphatic rings. The Bertz CT molecular complexity index is 1350. The fourth-order valence-electron chi connectivity index (χ4n) is 5.62. The summed E-state index contributed by atoms with van der Waals surface area (Å²) < 4.78 is 17.4. The highest BCUT2D eigenvalue weighted by Gasteiger charge is 2.45. The summed E-state index contributed by atoms with van der Waals surface area (Å²) in [6, 6.07) is 33.8. The maximum atomic E-state index is 10.3. The van der Waals surface area contributed by atoms with Crippen molar-refractivity contribution in [3.05, 3.63) is 119 Å². The van der Waals surface area contributed by atoms with Gasteiger partial charge in [0, 0.05) is 19.1 Å². The molecule has 0 aliphatic heterocycles. The van der Waals surface area contributed by atoms with Crippen LogP contribution in [0.2, 0.25) is 0 Å². The smallest absolute Gasteiger partial charge is 0.119 e. The lowest BCUT2D eigenvalue weighted by atomic mass is 9.68. The van der Waals surface area contributed by atoms with Crippen molar-refractivity contribution in [1.29, 1.82) is 0 Å². The Balaban J connectivity index is 1.48. The number of aliphatic hydroxyl groups is 2. The van der Waals surface area contributed by atoms with E-state index in [2.05, 4.69) is 79.7 Å². The lowest BCUT2D eigenvalue weighted by molar-refractivity contribution is 0.0113. The highest BCUT2D eigenvalue weighted by Crippen LogP contribution is 2.56. The standard InChI is InChI=1S/C36H40O5/c1-3-4-21-39-24-29(38)25-41-31-19-15-28(16-20-31)36(27-13-17-30(18-14-27)40-23-26(2)22-37)34-11-7-5-9-32(34)33-10-6-8-12-35(33)36/h5-20,26,29,37-38H,3-4,21-25H2,1-2H3. The summed E-state index contributed by atoms with van der Waals surface area (Å²) in [6.07, 6.45) is 1.38. The molecule has 0 heterocycles. The number of hydrogen-bond acceptors (Lipinski definition) is 5. The van der Waals surface area contributed by atoms with Crippen LogP contribution >= 0.6 is 0 Å². The normalized spacial score (nSPS) is 14.6. The van der Waals surface area contributed by atoms with Crippen LogP contribution in [0.15, 0.2) is 97.1 Å². The van der Waals surface area contributed by atoms with Crippen LogP contribution in [0.4, 0.5) is 0 Å². The van der Waals surface area contributed by atoms with Crippen LogP contribution in [0, 0.1) is 5.92 Å². The van der Waals surface area contributed by atoms with Gasteiger partial charge in [-0.15, -0.1) is 0 Å². The monoisotopic (exact) mass is 552 g/mol. The number of fused-ring (bicyclic) bond motifs is 3. The Morgan fingerprint density at radius 1 is 0.683 bits per heavy atom. The van der Waals surface area contributed by atoms with Crippen molar-refractivity contribution in [2.45, 2.75) is 38.2 Å². The minimum atomic E-state index is -0.674. The van der Waals surface area contributed by atoms with Gasteiger partial charge in [0.25, 0.3) is 0 Å². The molecule has 0 fully saturated rings. The lowest BCUT2D eigenvalue weighted by Crippen LogP contribution is -2.28. The second-order valence-electron chi connectivity index (χ2n) is 10.9. The van der Waals surface area contributed by atoms with Gasteiger partial charge in [-0.25, -0.2) is 0 Å². The molecule has 41 heavy (non-hydrogen) atoms. The molecule has 4 aromatic carbocycles.